The van der Waals surface area contributed by atoms with E-state index in [4.69, 9.17) is 12.2 Å². The van der Waals surface area contributed by atoms with Crippen LogP contribution in [0.15, 0.2) is 46.9 Å². The Balaban J connectivity index is 2.41. The van der Waals surface area contributed by atoms with Crippen molar-refractivity contribution in [2.45, 2.75) is 0 Å². The molecule has 0 heterocycles. The second-order valence-electron chi connectivity index (χ2n) is 4.66. The van der Waals surface area contributed by atoms with Gasteiger partial charge in [0.05, 0.1) is 4.92 Å². The van der Waals surface area contributed by atoms with Gasteiger partial charge in [-0.2, -0.15) is 0 Å². The molecule has 7 nitrogen and oxygen atoms in total. The van der Waals surface area contributed by atoms with Gasteiger partial charge in [0.15, 0.2) is 5.11 Å². The SMILES string of the molecule is CNC(=S)NNC(=O)c1ccc(Br)cc1-c1cccc([N+](=O)[O-])c1. The predicted molar refractivity (Wildman–Crippen MR) is 98.5 cm³/mol. The van der Waals surface area contributed by atoms with Crippen molar-refractivity contribution in [3.8, 4) is 11.1 Å². The Hall–Kier alpha value is -2.52. The maximum Gasteiger partial charge on any atom is 0.270 e. The van der Waals surface area contributed by atoms with E-state index in [1.54, 1.807) is 37.4 Å². The standard InChI is InChI=1S/C15H13BrN4O3S/c1-17-15(24)19-18-14(21)12-6-5-10(16)8-13(12)9-3-2-4-11(7-9)20(22)23/h2-8H,1H3,(H,18,21)(H2,17,19,24). The van der Waals surface area contributed by atoms with Gasteiger partial charge in [0.2, 0.25) is 0 Å². The number of halogens is 1. The largest absolute Gasteiger partial charge is 0.364 e. The van der Waals surface area contributed by atoms with E-state index in [1.165, 1.54) is 12.1 Å². The molecule has 3 N–H and O–H groups in total. The van der Waals surface area contributed by atoms with Gasteiger partial charge in [0, 0.05) is 29.2 Å². The lowest BCUT2D eigenvalue weighted by molar-refractivity contribution is -0.384. The highest BCUT2D eigenvalue weighted by Crippen LogP contribution is 2.29. The Bertz CT molecular complexity index is 813. The number of benzene rings is 2. The van der Waals surface area contributed by atoms with Crippen molar-refractivity contribution in [1.82, 2.24) is 16.2 Å². The fourth-order valence-electron chi connectivity index (χ4n) is 1.98. The summed E-state index contributed by atoms with van der Waals surface area (Å²) in [6.45, 7) is 0. The van der Waals surface area contributed by atoms with Crippen LogP contribution in [-0.2, 0) is 0 Å². The fraction of sp³-hybridized carbons (Fsp3) is 0.0667. The van der Waals surface area contributed by atoms with E-state index in [0.717, 1.165) is 4.47 Å². The first-order chi connectivity index (χ1) is 11.4. The summed E-state index contributed by atoms with van der Waals surface area (Å²) in [5.74, 6) is -0.415. The molecule has 9 heteroatoms. The van der Waals surface area contributed by atoms with Crippen LogP contribution in [-0.4, -0.2) is 23.0 Å². The molecule has 124 valence electrons. The molecule has 0 spiro atoms. The van der Waals surface area contributed by atoms with Crippen LogP contribution in [0.5, 0.6) is 0 Å². The molecule has 0 fully saturated rings. The van der Waals surface area contributed by atoms with Gasteiger partial charge in [-0.05, 0) is 41.5 Å². The van der Waals surface area contributed by atoms with E-state index in [2.05, 4.69) is 32.1 Å². The summed E-state index contributed by atoms with van der Waals surface area (Å²) in [4.78, 5) is 22.9. The summed E-state index contributed by atoms with van der Waals surface area (Å²) in [5.41, 5.74) is 6.45. The molecule has 0 aromatic heterocycles. The number of amides is 1. The minimum Gasteiger partial charge on any atom is -0.364 e. The van der Waals surface area contributed by atoms with Crippen LogP contribution in [0.2, 0.25) is 0 Å². The molecule has 2 aromatic carbocycles. The van der Waals surface area contributed by atoms with Crippen molar-refractivity contribution >= 4 is 44.9 Å². The molecule has 0 atom stereocenters. The maximum atomic E-state index is 12.4. The number of carbonyl (C=O) groups is 1. The highest BCUT2D eigenvalue weighted by molar-refractivity contribution is 9.10. The maximum absolute atomic E-state index is 12.4. The summed E-state index contributed by atoms with van der Waals surface area (Å²) in [6.07, 6.45) is 0. The van der Waals surface area contributed by atoms with Crippen LogP contribution in [0.1, 0.15) is 10.4 Å². The quantitative estimate of drug-likeness (QED) is 0.410. The van der Waals surface area contributed by atoms with Gasteiger partial charge in [-0.25, -0.2) is 0 Å². The third-order valence-corrected chi connectivity index (χ3v) is 3.91. The molecule has 2 aromatic rings. The molecule has 0 radical (unpaired) electrons. The third-order valence-electron chi connectivity index (χ3n) is 3.11. The lowest BCUT2D eigenvalue weighted by Crippen LogP contribution is -2.45. The first-order valence-electron chi connectivity index (χ1n) is 6.75. The second kappa shape index (κ2) is 7.84. The molecule has 0 saturated heterocycles. The van der Waals surface area contributed by atoms with E-state index < -0.39 is 10.8 Å². The number of hydrogen-bond donors (Lipinski definition) is 3. The number of hydrogen-bond acceptors (Lipinski definition) is 4. The summed E-state index contributed by atoms with van der Waals surface area (Å²) in [5, 5.41) is 13.9. The predicted octanol–water partition coefficient (Wildman–Crippen LogP) is 2.76. The molecule has 0 aliphatic rings. The number of rotatable bonds is 3. The Kier molecular flexibility index (Phi) is 5.83. The fourth-order valence-corrected chi connectivity index (χ4v) is 2.40. The molecule has 0 aliphatic heterocycles. The number of carbonyl (C=O) groups excluding carboxylic acids is 1. The molecular formula is C15H13BrN4O3S. The van der Waals surface area contributed by atoms with E-state index in [0.29, 0.717) is 16.7 Å². The number of nitro benzene ring substituents is 1. The van der Waals surface area contributed by atoms with Gasteiger partial charge in [-0.15, -0.1) is 0 Å². The van der Waals surface area contributed by atoms with E-state index in [-0.39, 0.29) is 10.8 Å². The van der Waals surface area contributed by atoms with Gasteiger partial charge >= 0.3 is 0 Å². The van der Waals surface area contributed by atoms with Gasteiger partial charge < -0.3 is 5.32 Å². The van der Waals surface area contributed by atoms with Crippen molar-refractivity contribution in [3.63, 3.8) is 0 Å². The zero-order valence-corrected chi connectivity index (χ0v) is 14.9. The van der Waals surface area contributed by atoms with Crippen molar-refractivity contribution in [3.05, 3.63) is 62.6 Å². The van der Waals surface area contributed by atoms with Crippen molar-refractivity contribution in [2.75, 3.05) is 7.05 Å². The lowest BCUT2D eigenvalue weighted by atomic mass is 9.99. The molecule has 2 rings (SSSR count). The normalized spacial score (nSPS) is 9.92. The average molecular weight is 409 g/mol. The zero-order chi connectivity index (χ0) is 17.7. The van der Waals surface area contributed by atoms with Gasteiger partial charge in [0.25, 0.3) is 11.6 Å². The van der Waals surface area contributed by atoms with Crippen LogP contribution in [0, 0.1) is 10.1 Å². The van der Waals surface area contributed by atoms with Crippen LogP contribution < -0.4 is 16.2 Å². The minimum atomic E-state index is -0.478. The smallest absolute Gasteiger partial charge is 0.270 e. The zero-order valence-electron chi connectivity index (χ0n) is 12.5. The number of non-ortho nitro benzene ring substituents is 1. The molecule has 0 bridgehead atoms. The highest BCUT2D eigenvalue weighted by atomic mass is 79.9. The van der Waals surface area contributed by atoms with Crippen molar-refractivity contribution < 1.29 is 9.72 Å². The molecule has 1 amide bonds. The number of nitrogens with zero attached hydrogens (tertiary/aromatic N) is 1. The summed E-state index contributed by atoms with van der Waals surface area (Å²) >= 11 is 8.25. The first kappa shape index (κ1) is 17.8. The van der Waals surface area contributed by atoms with Gasteiger partial charge in [-0.3, -0.25) is 25.8 Å². The van der Waals surface area contributed by atoms with Crippen LogP contribution in [0.3, 0.4) is 0 Å². The van der Waals surface area contributed by atoms with Crippen LogP contribution >= 0.6 is 28.1 Å². The van der Waals surface area contributed by atoms with Gasteiger partial charge in [-0.1, -0.05) is 28.1 Å². The van der Waals surface area contributed by atoms with E-state index >= 15 is 0 Å². The second-order valence-corrected chi connectivity index (χ2v) is 5.98. The monoisotopic (exact) mass is 408 g/mol. The Labute approximate surface area is 151 Å². The molecule has 0 aliphatic carbocycles. The average Bonchev–Trinajstić information content (AvgIpc) is 2.59. The summed E-state index contributed by atoms with van der Waals surface area (Å²) < 4.78 is 0.749. The molecular weight excluding hydrogens is 396 g/mol. The van der Waals surface area contributed by atoms with E-state index in [1.807, 2.05) is 0 Å². The number of hydrazine groups is 1. The summed E-state index contributed by atoms with van der Waals surface area (Å²) in [6, 6.07) is 11.2. The molecule has 0 unspecified atom stereocenters. The van der Waals surface area contributed by atoms with Crippen molar-refractivity contribution in [2.24, 2.45) is 0 Å². The first-order valence-corrected chi connectivity index (χ1v) is 7.95. The Morgan fingerprint density at radius 3 is 2.62 bits per heavy atom. The highest BCUT2D eigenvalue weighted by Gasteiger charge is 2.15. The Morgan fingerprint density at radius 1 is 1.21 bits per heavy atom. The minimum absolute atomic E-state index is 0.0479. The topological polar surface area (TPSA) is 96.3 Å². The summed E-state index contributed by atoms with van der Waals surface area (Å²) in [7, 11) is 1.62. The number of thiocarbonyl (C=S) groups is 1. The van der Waals surface area contributed by atoms with Crippen molar-refractivity contribution in [1.29, 1.82) is 0 Å². The van der Waals surface area contributed by atoms with Crippen LogP contribution in [0.4, 0.5) is 5.69 Å². The molecule has 24 heavy (non-hydrogen) atoms. The third kappa shape index (κ3) is 4.27. The van der Waals surface area contributed by atoms with Crippen LogP contribution in [0.25, 0.3) is 11.1 Å². The Morgan fingerprint density at radius 2 is 1.96 bits per heavy atom. The number of nitrogens with one attached hydrogen (secondary N) is 3. The van der Waals surface area contributed by atoms with Gasteiger partial charge in [0.1, 0.15) is 0 Å². The molecule has 0 saturated carbocycles. The lowest BCUT2D eigenvalue weighted by Gasteiger charge is -2.12. The number of nitro groups is 1. The van der Waals surface area contributed by atoms with E-state index in [9.17, 15) is 14.9 Å².